The lowest BCUT2D eigenvalue weighted by molar-refractivity contribution is 0.108. The molecule has 1 aromatic rings. The van der Waals surface area contributed by atoms with E-state index in [0.717, 1.165) is 37.8 Å². The Morgan fingerprint density at radius 2 is 2.00 bits per heavy atom. The Kier molecular flexibility index (Phi) is 4.98. The van der Waals surface area contributed by atoms with Crippen molar-refractivity contribution >= 4 is 11.6 Å². The maximum atomic E-state index is 12.9. The van der Waals surface area contributed by atoms with E-state index in [1.807, 2.05) is 0 Å². The average molecular weight is 272 g/mol. The van der Waals surface area contributed by atoms with Crippen molar-refractivity contribution in [2.75, 3.05) is 6.54 Å². The molecule has 4 heteroatoms. The maximum Gasteiger partial charge on any atom is 0.124 e. The molecule has 0 bridgehead atoms. The quantitative estimate of drug-likeness (QED) is 0.882. The fraction of sp³-hybridized carbons (Fsp3) is 0.571. The Morgan fingerprint density at radius 1 is 1.28 bits per heavy atom. The first-order valence-corrected chi connectivity index (χ1v) is 6.85. The number of hydrogen-bond donors (Lipinski definition) is 2. The van der Waals surface area contributed by atoms with Gasteiger partial charge in [0.25, 0.3) is 0 Å². The molecular weight excluding hydrogens is 253 g/mol. The van der Waals surface area contributed by atoms with Gasteiger partial charge >= 0.3 is 0 Å². The summed E-state index contributed by atoms with van der Waals surface area (Å²) in [6.07, 6.45) is 3.86. The largest absolute Gasteiger partial charge is 0.393 e. The summed E-state index contributed by atoms with van der Waals surface area (Å²) in [7, 11) is 0. The molecule has 1 aliphatic carbocycles. The van der Waals surface area contributed by atoms with E-state index in [1.54, 1.807) is 6.07 Å². The fourth-order valence-electron chi connectivity index (χ4n) is 2.42. The van der Waals surface area contributed by atoms with E-state index in [0.29, 0.717) is 17.5 Å². The van der Waals surface area contributed by atoms with E-state index in [-0.39, 0.29) is 11.9 Å². The molecule has 1 aromatic carbocycles. The minimum Gasteiger partial charge on any atom is -0.393 e. The van der Waals surface area contributed by atoms with Crippen molar-refractivity contribution in [3.8, 4) is 0 Å². The Hall–Kier alpha value is -0.640. The zero-order chi connectivity index (χ0) is 13.0. The van der Waals surface area contributed by atoms with Crippen LogP contribution < -0.4 is 5.32 Å². The summed E-state index contributed by atoms with van der Waals surface area (Å²) in [5.74, 6) is 0.331. The van der Waals surface area contributed by atoms with Crippen LogP contribution in [0, 0.1) is 11.7 Å². The molecular formula is C14H19ClFNO. The fourth-order valence-corrected chi connectivity index (χ4v) is 2.66. The zero-order valence-corrected chi connectivity index (χ0v) is 11.1. The van der Waals surface area contributed by atoms with Crippen molar-refractivity contribution in [3.63, 3.8) is 0 Å². The van der Waals surface area contributed by atoms with Crippen molar-refractivity contribution in [3.05, 3.63) is 34.6 Å². The van der Waals surface area contributed by atoms with Crippen LogP contribution in [0.25, 0.3) is 0 Å². The number of benzene rings is 1. The number of aliphatic hydroxyl groups is 1. The third-order valence-corrected chi connectivity index (χ3v) is 3.93. The third kappa shape index (κ3) is 3.94. The van der Waals surface area contributed by atoms with E-state index in [4.69, 9.17) is 11.6 Å². The van der Waals surface area contributed by atoms with Crippen LogP contribution in [0.1, 0.15) is 31.2 Å². The SMILES string of the molecule is OC1CCC(CNCc2ccc(F)cc2Cl)CC1. The van der Waals surface area contributed by atoms with Gasteiger partial charge in [0.2, 0.25) is 0 Å². The lowest BCUT2D eigenvalue weighted by Gasteiger charge is -2.25. The summed E-state index contributed by atoms with van der Waals surface area (Å²) >= 11 is 5.96. The Bertz CT molecular complexity index is 391. The van der Waals surface area contributed by atoms with Crippen molar-refractivity contribution in [1.82, 2.24) is 5.32 Å². The van der Waals surface area contributed by atoms with Gasteiger partial charge in [0.05, 0.1) is 6.10 Å². The summed E-state index contributed by atoms with van der Waals surface area (Å²) in [5, 5.41) is 13.3. The van der Waals surface area contributed by atoms with Crippen LogP contribution in [0.5, 0.6) is 0 Å². The first-order valence-electron chi connectivity index (χ1n) is 6.48. The summed E-state index contributed by atoms with van der Waals surface area (Å²) < 4.78 is 12.9. The molecule has 0 radical (unpaired) electrons. The molecule has 0 amide bonds. The Labute approximate surface area is 112 Å². The number of aliphatic hydroxyl groups excluding tert-OH is 1. The van der Waals surface area contributed by atoms with Crippen LogP contribution in [0.4, 0.5) is 4.39 Å². The van der Waals surface area contributed by atoms with Crippen molar-refractivity contribution in [2.45, 2.75) is 38.3 Å². The van der Waals surface area contributed by atoms with Crippen LogP contribution in [-0.4, -0.2) is 17.8 Å². The van der Waals surface area contributed by atoms with Gasteiger partial charge in [-0.2, -0.15) is 0 Å². The molecule has 0 spiro atoms. The minimum atomic E-state index is -0.301. The molecule has 0 aliphatic heterocycles. The summed E-state index contributed by atoms with van der Waals surface area (Å²) in [5.41, 5.74) is 0.925. The Morgan fingerprint density at radius 3 is 2.67 bits per heavy atom. The lowest BCUT2D eigenvalue weighted by atomic mass is 9.87. The van der Waals surface area contributed by atoms with E-state index in [1.165, 1.54) is 12.1 Å². The van der Waals surface area contributed by atoms with Crippen molar-refractivity contribution in [1.29, 1.82) is 0 Å². The highest BCUT2D eigenvalue weighted by atomic mass is 35.5. The summed E-state index contributed by atoms with van der Waals surface area (Å²) in [6, 6.07) is 4.49. The van der Waals surface area contributed by atoms with Gasteiger partial charge in [0.1, 0.15) is 5.82 Å². The average Bonchev–Trinajstić information content (AvgIpc) is 2.34. The standard InChI is InChI=1S/C14H19ClFNO/c15-14-7-12(16)4-3-11(14)9-17-8-10-1-5-13(18)6-2-10/h3-4,7,10,13,17-18H,1-2,5-6,8-9H2. The van der Waals surface area contributed by atoms with Crippen LogP contribution in [0.2, 0.25) is 5.02 Å². The van der Waals surface area contributed by atoms with Crippen LogP contribution in [0.3, 0.4) is 0 Å². The molecule has 0 atom stereocenters. The van der Waals surface area contributed by atoms with Crippen LogP contribution >= 0.6 is 11.6 Å². The van der Waals surface area contributed by atoms with Crippen molar-refractivity contribution < 1.29 is 9.50 Å². The van der Waals surface area contributed by atoms with Crippen LogP contribution in [0.15, 0.2) is 18.2 Å². The first-order chi connectivity index (χ1) is 8.65. The summed E-state index contributed by atoms with van der Waals surface area (Å²) in [6.45, 7) is 1.60. The van der Waals surface area contributed by atoms with Crippen molar-refractivity contribution in [2.24, 2.45) is 5.92 Å². The molecule has 1 aliphatic rings. The number of nitrogens with one attached hydrogen (secondary N) is 1. The van der Waals surface area contributed by atoms with Gasteiger partial charge in [0, 0.05) is 11.6 Å². The minimum absolute atomic E-state index is 0.104. The number of halogens is 2. The molecule has 0 saturated heterocycles. The van der Waals surface area contributed by atoms with Gasteiger partial charge in [-0.15, -0.1) is 0 Å². The van der Waals surface area contributed by atoms with Gasteiger partial charge in [0.15, 0.2) is 0 Å². The highest BCUT2D eigenvalue weighted by Gasteiger charge is 2.18. The van der Waals surface area contributed by atoms with Gasteiger partial charge < -0.3 is 10.4 Å². The molecule has 18 heavy (non-hydrogen) atoms. The number of rotatable bonds is 4. The third-order valence-electron chi connectivity index (χ3n) is 3.58. The van der Waals surface area contributed by atoms with E-state index in [9.17, 15) is 9.50 Å². The molecule has 0 aromatic heterocycles. The van der Waals surface area contributed by atoms with Gasteiger partial charge in [-0.3, -0.25) is 0 Å². The predicted molar refractivity (Wildman–Crippen MR) is 71.1 cm³/mol. The molecule has 1 fully saturated rings. The highest BCUT2D eigenvalue weighted by Crippen LogP contribution is 2.23. The molecule has 0 heterocycles. The lowest BCUT2D eigenvalue weighted by Crippen LogP contribution is -2.27. The van der Waals surface area contributed by atoms with E-state index in [2.05, 4.69) is 5.32 Å². The second-order valence-electron chi connectivity index (χ2n) is 5.04. The normalized spacial score (nSPS) is 24.2. The highest BCUT2D eigenvalue weighted by molar-refractivity contribution is 6.31. The predicted octanol–water partition coefficient (Wildman–Crippen LogP) is 3.12. The smallest absolute Gasteiger partial charge is 0.124 e. The zero-order valence-electron chi connectivity index (χ0n) is 10.3. The molecule has 1 saturated carbocycles. The molecule has 0 unspecified atom stereocenters. The summed E-state index contributed by atoms with van der Waals surface area (Å²) in [4.78, 5) is 0. The van der Waals surface area contributed by atoms with Gasteiger partial charge in [-0.25, -0.2) is 4.39 Å². The second-order valence-corrected chi connectivity index (χ2v) is 5.45. The van der Waals surface area contributed by atoms with Crippen LogP contribution in [-0.2, 0) is 6.54 Å². The first kappa shape index (κ1) is 13.8. The number of hydrogen-bond acceptors (Lipinski definition) is 2. The van der Waals surface area contributed by atoms with E-state index < -0.39 is 0 Å². The second kappa shape index (κ2) is 6.50. The van der Waals surface area contributed by atoms with Gasteiger partial charge in [-0.05, 0) is 55.8 Å². The molecule has 2 nitrogen and oxygen atoms in total. The van der Waals surface area contributed by atoms with Gasteiger partial charge in [-0.1, -0.05) is 17.7 Å². The molecule has 100 valence electrons. The molecule has 2 rings (SSSR count). The van der Waals surface area contributed by atoms with E-state index >= 15 is 0 Å². The topological polar surface area (TPSA) is 32.3 Å². The monoisotopic (exact) mass is 271 g/mol. The Balaban J connectivity index is 1.75. The molecule has 2 N–H and O–H groups in total. The maximum absolute atomic E-state index is 12.9.